The SMILES string of the molecule is Nc1ccc(-c2ccc(C(F)(F)F)cc2F)nn1. The Balaban J connectivity index is 2.45. The summed E-state index contributed by atoms with van der Waals surface area (Å²) < 4.78 is 50.6. The number of hydrogen-bond donors (Lipinski definition) is 1. The van der Waals surface area contributed by atoms with Crippen LogP contribution in [0.3, 0.4) is 0 Å². The van der Waals surface area contributed by atoms with Crippen molar-refractivity contribution in [2.45, 2.75) is 6.18 Å². The lowest BCUT2D eigenvalue weighted by Crippen LogP contribution is -2.05. The molecular weight excluding hydrogens is 250 g/mol. The van der Waals surface area contributed by atoms with Crippen molar-refractivity contribution in [3.05, 3.63) is 41.7 Å². The van der Waals surface area contributed by atoms with Crippen LogP contribution in [-0.4, -0.2) is 10.2 Å². The van der Waals surface area contributed by atoms with Crippen molar-refractivity contribution >= 4 is 5.82 Å². The van der Waals surface area contributed by atoms with Crippen LogP contribution in [0, 0.1) is 5.82 Å². The largest absolute Gasteiger partial charge is 0.416 e. The van der Waals surface area contributed by atoms with E-state index in [0.29, 0.717) is 6.07 Å². The van der Waals surface area contributed by atoms with E-state index in [-0.39, 0.29) is 17.1 Å². The van der Waals surface area contributed by atoms with Crippen molar-refractivity contribution < 1.29 is 17.6 Å². The van der Waals surface area contributed by atoms with Gasteiger partial charge in [-0.25, -0.2) is 4.39 Å². The first-order valence-corrected chi connectivity index (χ1v) is 4.84. The number of alkyl halides is 3. The fourth-order valence-corrected chi connectivity index (χ4v) is 1.39. The second-order valence-corrected chi connectivity index (χ2v) is 3.54. The highest BCUT2D eigenvalue weighted by molar-refractivity contribution is 5.60. The number of rotatable bonds is 1. The molecule has 0 aliphatic heterocycles. The highest BCUT2D eigenvalue weighted by Gasteiger charge is 2.31. The number of halogens is 4. The lowest BCUT2D eigenvalue weighted by Gasteiger charge is -2.08. The van der Waals surface area contributed by atoms with Crippen molar-refractivity contribution in [1.29, 1.82) is 0 Å². The summed E-state index contributed by atoms with van der Waals surface area (Å²) in [6.45, 7) is 0. The van der Waals surface area contributed by atoms with Gasteiger partial charge >= 0.3 is 6.18 Å². The maximum absolute atomic E-state index is 13.6. The van der Waals surface area contributed by atoms with Crippen molar-refractivity contribution in [3.8, 4) is 11.3 Å². The predicted molar refractivity (Wildman–Crippen MR) is 56.8 cm³/mol. The summed E-state index contributed by atoms with van der Waals surface area (Å²) in [6.07, 6.45) is -4.58. The van der Waals surface area contributed by atoms with Gasteiger partial charge in [0.05, 0.1) is 11.3 Å². The number of nitrogen functional groups attached to an aromatic ring is 1. The zero-order valence-electron chi connectivity index (χ0n) is 8.87. The van der Waals surface area contributed by atoms with Gasteiger partial charge in [-0.05, 0) is 30.3 Å². The molecule has 0 aliphatic rings. The molecule has 0 atom stereocenters. The molecule has 2 rings (SSSR count). The zero-order chi connectivity index (χ0) is 13.3. The smallest absolute Gasteiger partial charge is 0.382 e. The molecule has 2 aromatic rings. The van der Waals surface area contributed by atoms with Crippen LogP contribution in [0.2, 0.25) is 0 Å². The third-order valence-electron chi connectivity index (χ3n) is 2.26. The van der Waals surface area contributed by atoms with Gasteiger partial charge in [-0.2, -0.15) is 13.2 Å². The van der Waals surface area contributed by atoms with Crippen LogP contribution in [0.1, 0.15) is 5.56 Å². The van der Waals surface area contributed by atoms with E-state index in [9.17, 15) is 17.6 Å². The summed E-state index contributed by atoms with van der Waals surface area (Å²) in [4.78, 5) is 0. The Hall–Kier alpha value is -2.18. The molecule has 0 unspecified atom stereocenters. The highest BCUT2D eigenvalue weighted by Crippen LogP contribution is 2.32. The summed E-state index contributed by atoms with van der Waals surface area (Å²) in [5.41, 5.74) is 4.32. The van der Waals surface area contributed by atoms with Gasteiger partial charge in [0.1, 0.15) is 11.6 Å². The second-order valence-electron chi connectivity index (χ2n) is 3.54. The Kier molecular flexibility index (Phi) is 2.90. The third-order valence-corrected chi connectivity index (χ3v) is 2.26. The minimum absolute atomic E-state index is 0.0597. The van der Waals surface area contributed by atoms with Crippen molar-refractivity contribution in [2.24, 2.45) is 0 Å². The fourth-order valence-electron chi connectivity index (χ4n) is 1.39. The molecule has 94 valence electrons. The molecule has 0 radical (unpaired) electrons. The van der Waals surface area contributed by atoms with Gasteiger partial charge in [0.25, 0.3) is 0 Å². The number of benzene rings is 1. The highest BCUT2D eigenvalue weighted by atomic mass is 19.4. The second kappa shape index (κ2) is 4.25. The van der Waals surface area contributed by atoms with E-state index in [1.54, 1.807) is 0 Å². The first-order chi connectivity index (χ1) is 8.38. The molecule has 0 fully saturated rings. The van der Waals surface area contributed by atoms with Gasteiger partial charge in [-0.1, -0.05) is 0 Å². The summed E-state index contributed by atoms with van der Waals surface area (Å²) >= 11 is 0. The lowest BCUT2D eigenvalue weighted by molar-refractivity contribution is -0.137. The zero-order valence-corrected chi connectivity index (χ0v) is 8.87. The summed E-state index contributed by atoms with van der Waals surface area (Å²) in [7, 11) is 0. The van der Waals surface area contributed by atoms with Crippen LogP contribution < -0.4 is 5.73 Å². The molecule has 3 nitrogen and oxygen atoms in total. The molecule has 1 aromatic carbocycles. The van der Waals surface area contributed by atoms with E-state index in [1.165, 1.54) is 12.1 Å². The summed E-state index contributed by atoms with van der Waals surface area (Å²) in [5, 5.41) is 7.11. The van der Waals surface area contributed by atoms with Crippen LogP contribution in [0.25, 0.3) is 11.3 Å². The van der Waals surface area contributed by atoms with Crippen LogP contribution in [0.4, 0.5) is 23.4 Å². The molecule has 2 N–H and O–H groups in total. The lowest BCUT2D eigenvalue weighted by atomic mass is 10.1. The fraction of sp³-hybridized carbons (Fsp3) is 0.0909. The molecule has 1 heterocycles. The topological polar surface area (TPSA) is 51.8 Å². The van der Waals surface area contributed by atoms with Crippen LogP contribution in [-0.2, 0) is 6.18 Å². The Morgan fingerprint density at radius 3 is 2.22 bits per heavy atom. The van der Waals surface area contributed by atoms with E-state index in [0.717, 1.165) is 12.1 Å². The van der Waals surface area contributed by atoms with Gasteiger partial charge in [0.2, 0.25) is 0 Å². The van der Waals surface area contributed by atoms with Crippen LogP contribution in [0.5, 0.6) is 0 Å². The molecular formula is C11H7F4N3. The average molecular weight is 257 g/mol. The summed E-state index contributed by atoms with van der Waals surface area (Å²) in [5.74, 6) is -0.866. The maximum atomic E-state index is 13.6. The Labute approximate surface area is 99.3 Å². The average Bonchev–Trinajstić information content (AvgIpc) is 2.29. The van der Waals surface area contributed by atoms with E-state index in [4.69, 9.17) is 5.73 Å². The number of hydrogen-bond acceptors (Lipinski definition) is 3. The van der Waals surface area contributed by atoms with E-state index < -0.39 is 17.6 Å². The Morgan fingerprint density at radius 2 is 1.72 bits per heavy atom. The van der Waals surface area contributed by atoms with Gasteiger partial charge in [0, 0.05) is 5.56 Å². The van der Waals surface area contributed by atoms with Gasteiger partial charge in [-0.3, -0.25) is 0 Å². The Bertz CT molecular complexity index is 563. The standard InChI is InChI=1S/C11H7F4N3/c12-8-5-6(11(13,14)15)1-2-7(8)9-3-4-10(16)18-17-9/h1-5H,(H2,16,18). The van der Waals surface area contributed by atoms with Crippen molar-refractivity contribution in [2.75, 3.05) is 5.73 Å². The van der Waals surface area contributed by atoms with Gasteiger partial charge in [0.15, 0.2) is 0 Å². The molecule has 0 aliphatic carbocycles. The first-order valence-electron chi connectivity index (χ1n) is 4.84. The normalized spacial score (nSPS) is 11.6. The van der Waals surface area contributed by atoms with Gasteiger partial charge in [-0.15, -0.1) is 10.2 Å². The molecule has 0 spiro atoms. The molecule has 18 heavy (non-hydrogen) atoms. The maximum Gasteiger partial charge on any atom is 0.416 e. The first kappa shape index (κ1) is 12.3. The Morgan fingerprint density at radius 1 is 1.00 bits per heavy atom. The van der Waals surface area contributed by atoms with E-state index in [2.05, 4.69) is 10.2 Å². The minimum atomic E-state index is -4.58. The quantitative estimate of drug-likeness (QED) is 0.799. The van der Waals surface area contributed by atoms with Crippen LogP contribution in [0.15, 0.2) is 30.3 Å². The third kappa shape index (κ3) is 2.39. The molecule has 0 amide bonds. The van der Waals surface area contributed by atoms with Crippen molar-refractivity contribution in [3.63, 3.8) is 0 Å². The van der Waals surface area contributed by atoms with E-state index >= 15 is 0 Å². The minimum Gasteiger partial charge on any atom is -0.382 e. The number of aromatic nitrogens is 2. The molecule has 1 aromatic heterocycles. The number of nitrogens with zero attached hydrogens (tertiary/aromatic N) is 2. The van der Waals surface area contributed by atoms with Crippen LogP contribution >= 0.6 is 0 Å². The molecule has 0 saturated carbocycles. The monoisotopic (exact) mass is 257 g/mol. The van der Waals surface area contributed by atoms with E-state index in [1.807, 2.05) is 0 Å². The van der Waals surface area contributed by atoms with Crippen molar-refractivity contribution in [1.82, 2.24) is 10.2 Å². The molecule has 0 bridgehead atoms. The number of anilines is 1. The number of nitrogens with two attached hydrogens (primary N) is 1. The summed E-state index contributed by atoms with van der Waals surface area (Å²) in [6, 6.07) is 5.00. The molecule has 0 saturated heterocycles. The predicted octanol–water partition coefficient (Wildman–Crippen LogP) is 2.88. The van der Waals surface area contributed by atoms with Gasteiger partial charge < -0.3 is 5.73 Å². The molecule has 7 heteroatoms.